The van der Waals surface area contributed by atoms with Gasteiger partial charge in [-0.2, -0.15) is 0 Å². The summed E-state index contributed by atoms with van der Waals surface area (Å²) in [5, 5.41) is 6.38. The van der Waals surface area contributed by atoms with E-state index in [2.05, 4.69) is 24.5 Å². The first-order valence-corrected chi connectivity index (χ1v) is 6.25. The Morgan fingerprint density at radius 2 is 2.12 bits per heavy atom. The van der Waals surface area contributed by atoms with E-state index in [0.717, 1.165) is 25.8 Å². The van der Waals surface area contributed by atoms with Crippen molar-refractivity contribution in [3.63, 3.8) is 0 Å². The highest BCUT2D eigenvalue weighted by atomic mass is 16.1. The summed E-state index contributed by atoms with van der Waals surface area (Å²) in [6, 6.07) is 1.14. The number of amides is 1. The molecular formula is C12H25N3O. The third-order valence-corrected chi connectivity index (χ3v) is 3.20. The molecule has 1 aliphatic carbocycles. The lowest BCUT2D eigenvalue weighted by Gasteiger charge is -2.35. The number of carbonyl (C=O) groups excluding carboxylic acids is 1. The highest BCUT2D eigenvalue weighted by molar-refractivity contribution is 5.72. The minimum absolute atomic E-state index is 0.0519. The first-order chi connectivity index (χ1) is 7.49. The van der Waals surface area contributed by atoms with Gasteiger partial charge in [0.25, 0.3) is 0 Å². The fraction of sp³-hybridized carbons (Fsp3) is 0.917. The molecule has 0 aromatic heterocycles. The summed E-state index contributed by atoms with van der Waals surface area (Å²) in [5.41, 5.74) is 6.15. The van der Waals surface area contributed by atoms with E-state index >= 15 is 0 Å². The van der Waals surface area contributed by atoms with Crippen molar-refractivity contribution in [2.24, 2.45) is 11.7 Å². The number of nitrogens with one attached hydrogen (secondary N) is 2. The summed E-state index contributed by atoms with van der Waals surface area (Å²) in [4.78, 5) is 10.8. The molecule has 3 atom stereocenters. The fourth-order valence-electron chi connectivity index (χ4n) is 2.40. The van der Waals surface area contributed by atoms with E-state index in [1.807, 2.05) is 0 Å². The third-order valence-electron chi connectivity index (χ3n) is 3.20. The number of hydrogen-bond acceptors (Lipinski definition) is 3. The van der Waals surface area contributed by atoms with Gasteiger partial charge in [0.2, 0.25) is 5.91 Å². The molecule has 1 fully saturated rings. The largest absolute Gasteiger partial charge is 0.356 e. The van der Waals surface area contributed by atoms with Crippen LogP contribution in [0, 0.1) is 5.92 Å². The maximum Gasteiger partial charge on any atom is 0.216 e. The second kappa shape index (κ2) is 6.21. The van der Waals surface area contributed by atoms with Crippen molar-refractivity contribution < 1.29 is 4.79 Å². The average Bonchev–Trinajstić information content (AvgIpc) is 2.18. The minimum atomic E-state index is 0.0519. The Morgan fingerprint density at radius 1 is 1.44 bits per heavy atom. The predicted octanol–water partition coefficient (Wildman–Crippen LogP) is 0.617. The van der Waals surface area contributed by atoms with Gasteiger partial charge in [-0.1, -0.05) is 13.8 Å². The summed E-state index contributed by atoms with van der Waals surface area (Å²) in [6.45, 7) is 6.63. The lowest BCUT2D eigenvalue weighted by Crippen LogP contribution is -2.52. The Kier molecular flexibility index (Phi) is 5.22. The molecule has 0 aliphatic heterocycles. The van der Waals surface area contributed by atoms with Crippen LogP contribution in [0.5, 0.6) is 0 Å². The molecular weight excluding hydrogens is 202 g/mol. The molecule has 0 heterocycles. The molecule has 1 rings (SSSR count). The van der Waals surface area contributed by atoms with Gasteiger partial charge in [0.05, 0.1) is 0 Å². The van der Waals surface area contributed by atoms with E-state index in [9.17, 15) is 4.79 Å². The van der Waals surface area contributed by atoms with Crippen LogP contribution in [0.25, 0.3) is 0 Å². The van der Waals surface area contributed by atoms with Crippen molar-refractivity contribution in [2.75, 3.05) is 6.54 Å². The maximum absolute atomic E-state index is 10.8. The van der Waals surface area contributed by atoms with Crippen LogP contribution in [-0.2, 0) is 4.79 Å². The Morgan fingerprint density at radius 3 is 2.62 bits per heavy atom. The van der Waals surface area contributed by atoms with Gasteiger partial charge in [-0.25, -0.2) is 0 Å². The summed E-state index contributed by atoms with van der Waals surface area (Å²) in [7, 11) is 0. The zero-order chi connectivity index (χ0) is 12.1. The van der Waals surface area contributed by atoms with Gasteiger partial charge in [0.15, 0.2) is 0 Å². The lowest BCUT2D eigenvalue weighted by molar-refractivity contribution is -0.119. The predicted molar refractivity (Wildman–Crippen MR) is 66.1 cm³/mol. The van der Waals surface area contributed by atoms with Crippen molar-refractivity contribution in [3.05, 3.63) is 0 Å². The molecule has 94 valence electrons. The molecule has 0 radical (unpaired) electrons. The van der Waals surface area contributed by atoms with E-state index in [4.69, 9.17) is 5.73 Å². The highest BCUT2D eigenvalue weighted by Gasteiger charge is 2.27. The molecule has 0 aromatic rings. The van der Waals surface area contributed by atoms with E-state index < -0.39 is 0 Å². The quantitative estimate of drug-likeness (QED) is 0.659. The van der Waals surface area contributed by atoms with Crippen LogP contribution < -0.4 is 16.4 Å². The molecule has 0 spiro atoms. The van der Waals surface area contributed by atoms with Crippen molar-refractivity contribution in [1.82, 2.24) is 10.6 Å². The summed E-state index contributed by atoms with van der Waals surface area (Å²) in [6.07, 6.45) is 3.27. The number of carbonyl (C=O) groups is 1. The van der Waals surface area contributed by atoms with Crippen molar-refractivity contribution in [1.29, 1.82) is 0 Å². The Labute approximate surface area is 98.3 Å². The summed E-state index contributed by atoms with van der Waals surface area (Å²) in [5.74, 6) is 0.597. The zero-order valence-electron chi connectivity index (χ0n) is 10.6. The molecule has 1 saturated carbocycles. The van der Waals surface area contributed by atoms with Gasteiger partial charge in [0, 0.05) is 31.6 Å². The molecule has 16 heavy (non-hydrogen) atoms. The standard InChI is InChI=1S/C12H25N3O/c1-8(2)15-12-5-4-10(6-11(12)13)7-14-9(3)16/h8,10-12,15H,4-7,13H2,1-3H3,(H,14,16). The lowest BCUT2D eigenvalue weighted by atomic mass is 9.82. The minimum Gasteiger partial charge on any atom is -0.356 e. The fourth-order valence-corrected chi connectivity index (χ4v) is 2.40. The van der Waals surface area contributed by atoms with Gasteiger partial charge < -0.3 is 16.4 Å². The maximum atomic E-state index is 10.8. The van der Waals surface area contributed by atoms with E-state index in [1.165, 1.54) is 0 Å². The topological polar surface area (TPSA) is 67.2 Å². The normalized spacial score (nSPS) is 30.4. The first kappa shape index (κ1) is 13.5. The Balaban J connectivity index is 2.30. The van der Waals surface area contributed by atoms with Crippen LogP contribution >= 0.6 is 0 Å². The molecule has 4 N–H and O–H groups in total. The van der Waals surface area contributed by atoms with Crippen LogP contribution in [0.1, 0.15) is 40.0 Å². The molecule has 1 amide bonds. The first-order valence-electron chi connectivity index (χ1n) is 6.25. The highest BCUT2D eigenvalue weighted by Crippen LogP contribution is 2.23. The molecule has 0 bridgehead atoms. The summed E-state index contributed by atoms with van der Waals surface area (Å²) >= 11 is 0. The number of hydrogen-bond donors (Lipinski definition) is 3. The van der Waals surface area contributed by atoms with Crippen LogP contribution in [0.2, 0.25) is 0 Å². The molecule has 1 aliphatic rings. The molecule has 0 saturated heterocycles. The second-order valence-corrected chi connectivity index (χ2v) is 5.21. The van der Waals surface area contributed by atoms with Gasteiger partial charge in [-0.3, -0.25) is 4.79 Å². The molecule has 4 heteroatoms. The van der Waals surface area contributed by atoms with Gasteiger partial charge >= 0.3 is 0 Å². The van der Waals surface area contributed by atoms with Crippen molar-refractivity contribution in [3.8, 4) is 0 Å². The molecule has 3 unspecified atom stereocenters. The Bertz CT molecular complexity index is 230. The van der Waals surface area contributed by atoms with E-state index in [1.54, 1.807) is 6.92 Å². The van der Waals surface area contributed by atoms with Gasteiger partial charge in [-0.05, 0) is 25.2 Å². The van der Waals surface area contributed by atoms with Crippen LogP contribution in [0.4, 0.5) is 0 Å². The van der Waals surface area contributed by atoms with E-state index in [-0.39, 0.29) is 11.9 Å². The zero-order valence-corrected chi connectivity index (χ0v) is 10.6. The van der Waals surface area contributed by atoms with Crippen LogP contribution in [0.3, 0.4) is 0 Å². The second-order valence-electron chi connectivity index (χ2n) is 5.21. The van der Waals surface area contributed by atoms with Crippen LogP contribution in [0.15, 0.2) is 0 Å². The molecule has 0 aromatic carbocycles. The monoisotopic (exact) mass is 227 g/mol. The number of nitrogens with two attached hydrogens (primary N) is 1. The van der Waals surface area contributed by atoms with Crippen molar-refractivity contribution in [2.45, 2.75) is 58.2 Å². The molecule has 4 nitrogen and oxygen atoms in total. The van der Waals surface area contributed by atoms with Crippen LogP contribution in [-0.4, -0.2) is 30.6 Å². The van der Waals surface area contributed by atoms with Gasteiger partial charge in [0.1, 0.15) is 0 Å². The smallest absolute Gasteiger partial charge is 0.216 e. The third kappa shape index (κ3) is 4.49. The number of rotatable bonds is 4. The van der Waals surface area contributed by atoms with E-state index in [0.29, 0.717) is 18.0 Å². The SMILES string of the molecule is CC(=O)NCC1CCC(NC(C)C)C(N)C1. The van der Waals surface area contributed by atoms with Crippen molar-refractivity contribution >= 4 is 5.91 Å². The summed E-state index contributed by atoms with van der Waals surface area (Å²) < 4.78 is 0. The van der Waals surface area contributed by atoms with Gasteiger partial charge in [-0.15, -0.1) is 0 Å². The average molecular weight is 227 g/mol. The Hall–Kier alpha value is -0.610.